The average molecular weight is 509 g/mol. The molecule has 3 rings (SSSR count). The number of hydrogen-bond acceptors (Lipinski definition) is 9. The molecule has 12 nitrogen and oxygen atoms in total. The van der Waals surface area contributed by atoms with Crippen molar-refractivity contribution >= 4 is 21.6 Å². The van der Waals surface area contributed by atoms with Crippen LogP contribution in [0.4, 0.5) is 5.69 Å². The number of hydrogen-bond donors (Lipinski definition) is 1. The number of carbonyl (C=O) groups excluding carboxylic acids is 1. The van der Waals surface area contributed by atoms with E-state index in [2.05, 4.69) is 5.32 Å². The SMILES string of the molecule is COc1ccc(S(=O)(=O)N2CCN(CCNC(=O)c3cc(OC)c(OC)cc3[N+](=O)[O-])CC2)cc1. The van der Waals surface area contributed by atoms with Crippen molar-refractivity contribution in [2.45, 2.75) is 4.90 Å². The fraction of sp³-hybridized carbons (Fsp3) is 0.409. The molecule has 0 aromatic heterocycles. The first kappa shape index (κ1) is 26.2. The van der Waals surface area contributed by atoms with Gasteiger partial charge in [-0.2, -0.15) is 4.31 Å². The summed E-state index contributed by atoms with van der Waals surface area (Å²) in [6, 6.07) is 8.67. The van der Waals surface area contributed by atoms with Gasteiger partial charge in [-0.3, -0.25) is 19.8 Å². The Hall–Kier alpha value is -3.42. The van der Waals surface area contributed by atoms with E-state index in [1.54, 1.807) is 12.1 Å². The van der Waals surface area contributed by atoms with Crippen molar-refractivity contribution in [3.63, 3.8) is 0 Å². The number of methoxy groups -OCH3 is 3. The highest BCUT2D eigenvalue weighted by Crippen LogP contribution is 2.34. The Morgan fingerprint density at radius 1 is 1.00 bits per heavy atom. The van der Waals surface area contributed by atoms with E-state index < -0.39 is 26.5 Å². The second-order valence-corrected chi connectivity index (χ2v) is 9.60. The largest absolute Gasteiger partial charge is 0.497 e. The fourth-order valence-corrected chi connectivity index (χ4v) is 5.14. The Kier molecular flexibility index (Phi) is 8.48. The maximum Gasteiger partial charge on any atom is 0.286 e. The minimum absolute atomic E-state index is 0.136. The van der Waals surface area contributed by atoms with Crippen LogP contribution in [0.2, 0.25) is 0 Å². The number of carbonyl (C=O) groups is 1. The second kappa shape index (κ2) is 11.3. The number of nitro benzene ring substituents is 1. The molecule has 1 N–H and O–H groups in total. The van der Waals surface area contributed by atoms with E-state index in [0.717, 1.165) is 6.07 Å². The lowest BCUT2D eigenvalue weighted by Crippen LogP contribution is -2.50. The third kappa shape index (κ3) is 5.99. The van der Waals surface area contributed by atoms with Gasteiger partial charge in [0.05, 0.1) is 37.2 Å². The molecular weight excluding hydrogens is 480 g/mol. The zero-order valence-corrected chi connectivity index (χ0v) is 20.5. The van der Waals surface area contributed by atoms with Gasteiger partial charge < -0.3 is 19.5 Å². The van der Waals surface area contributed by atoms with Gasteiger partial charge in [-0.15, -0.1) is 0 Å². The Morgan fingerprint density at radius 2 is 1.60 bits per heavy atom. The van der Waals surface area contributed by atoms with Crippen LogP contribution < -0.4 is 19.5 Å². The molecule has 35 heavy (non-hydrogen) atoms. The number of sulfonamides is 1. The molecule has 1 fully saturated rings. The molecule has 0 atom stereocenters. The highest BCUT2D eigenvalue weighted by atomic mass is 32.2. The number of piperazine rings is 1. The minimum atomic E-state index is -3.61. The molecule has 1 aliphatic heterocycles. The number of benzene rings is 2. The molecule has 1 saturated heterocycles. The van der Waals surface area contributed by atoms with Crippen LogP contribution >= 0.6 is 0 Å². The maximum atomic E-state index is 12.9. The number of ether oxygens (including phenoxy) is 3. The lowest BCUT2D eigenvalue weighted by Gasteiger charge is -2.34. The van der Waals surface area contributed by atoms with Gasteiger partial charge in [-0.25, -0.2) is 8.42 Å². The molecule has 0 unspecified atom stereocenters. The van der Waals surface area contributed by atoms with Crippen molar-refractivity contribution in [3.8, 4) is 17.2 Å². The van der Waals surface area contributed by atoms with E-state index >= 15 is 0 Å². The van der Waals surface area contributed by atoms with Crippen molar-refractivity contribution in [1.29, 1.82) is 0 Å². The lowest BCUT2D eigenvalue weighted by molar-refractivity contribution is -0.385. The van der Waals surface area contributed by atoms with Gasteiger partial charge in [0.1, 0.15) is 11.3 Å². The Morgan fingerprint density at radius 3 is 2.14 bits per heavy atom. The first-order valence-electron chi connectivity index (χ1n) is 10.8. The predicted molar refractivity (Wildman–Crippen MR) is 127 cm³/mol. The highest BCUT2D eigenvalue weighted by molar-refractivity contribution is 7.89. The number of nitro groups is 1. The highest BCUT2D eigenvalue weighted by Gasteiger charge is 2.29. The van der Waals surface area contributed by atoms with E-state index in [4.69, 9.17) is 14.2 Å². The van der Waals surface area contributed by atoms with Crippen molar-refractivity contribution in [3.05, 3.63) is 52.1 Å². The summed E-state index contributed by atoms with van der Waals surface area (Å²) in [6.45, 7) is 2.29. The minimum Gasteiger partial charge on any atom is -0.497 e. The van der Waals surface area contributed by atoms with E-state index in [1.165, 1.54) is 43.8 Å². The van der Waals surface area contributed by atoms with Crippen LogP contribution in [-0.4, -0.2) is 89.1 Å². The molecule has 0 radical (unpaired) electrons. The average Bonchev–Trinajstić information content (AvgIpc) is 2.87. The number of amides is 1. The van der Waals surface area contributed by atoms with Crippen LogP contribution in [0, 0.1) is 10.1 Å². The molecule has 0 bridgehead atoms. The maximum absolute atomic E-state index is 12.9. The van der Waals surface area contributed by atoms with Gasteiger partial charge in [0.25, 0.3) is 11.6 Å². The van der Waals surface area contributed by atoms with Crippen LogP contribution in [0.1, 0.15) is 10.4 Å². The predicted octanol–water partition coefficient (Wildman–Crippen LogP) is 1.36. The summed E-state index contributed by atoms with van der Waals surface area (Å²) in [7, 11) is 0.629. The standard InChI is InChI=1S/C22H28N4O8S/c1-32-16-4-6-17(7-5-16)35(30,31)25-12-10-24(11-13-25)9-8-23-22(27)18-14-20(33-2)21(34-3)15-19(18)26(28)29/h4-7,14-15H,8-13H2,1-3H3,(H,23,27). The number of nitrogens with zero attached hydrogens (tertiary/aromatic N) is 3. The second-order valence-electron chi connectivity index (χ2n) is 7.66. The number of rotatable bonds is 10. The van der Waals surface area contributed by atoms with Gasteiger partial charge >= 0.3 is 0 Å². The van der Waals surface area contributed by atoms with Crippen LogP contribution in [0.5, 0.6) is 17.2 Å². The van der Waals surface area contributed by atoms with Crippen molar-refractivity contribution in [2.75, 3.05) is 60.6 Å². The molecular formula is C22H28N4O8S. The van der Waals surface area contributed by atoms with Crippen LogP contribution in [0.15, 0.2) is 41.3 Å². The first-order valence-corrected chi connectivity index (χ1v) is 12.2. The van der Waals surface area contributed by atoms with Crippen molar-refractivity contribution in [1.82, 2.24) is 14.5 Å². The summed E-state index contributed by atoms with van der Waals surface area (Å²) < 4.78 is 42.5. The molecule has 2 aromatic rings. The molecule has 1 amide bonds. The zero-order valence-electron chi connectivity index (χ0n) is 19.7. The molecule has 1 heterocycles. The van der Waals surface area contributed by atoms with Crippen LogP contribution in [-0.2, 0) is 10.0 Å². The molecule has 190 valence electrons. The first-order chi connectivity index (χ1) is 16.7. The zero-order chi connectivity index (χ0) is 25.6. The third-order valence-corrected chi connectivity index (χ3v) is 7.60. The van der Waals surface area contributed by atoms with Crippen LogP contribution in [0.3, 0.4) is 0 Å². The van der Waals surface area contributed by atoms with Gasteiger partial charge in [-0.1, -0.05) is 0 Å². The summed E-state index contributed by atoms with van der Waals surface area (Å²) in [6.07, 6.45) is 0. The molecule has 2 aromatic carbocycles. The van der Waals surface area contributed by atoms with E-state index in [9.17, 15) is 23.3 Å². The monoisotopic (exact) mass is 508 g/mol. The van der Waals surface area contributed by atoms with Crippen molar-refractivity contribution < 1.29 is 32.3 Å². The van der Waals surface area contributed by atoms with Crippen molar-refractivity contribution in [2.24, 2.45) is 0 Å². The van der Waals surface area contributed by atoms with Gasteiger partial charge in [0.15, 0.2) is 11.5 Å². The van der Waals surface area contributed by atoms with E-state index in [-0.39, 0.29) is 28.5 Å². The van der Waals surface area contributed by atoms with Gasteiger partial charge in [0, 0.05) is 45.3 Å². The van der Waals surface area contributed by atoms with E-state index in [0.29, 0.717) is 38.5 Å². The molecule has 0 aliphatic carbocycles. The quantitative estimate of drug-likeness (QED) is 0.372. The summed E-state index contributed by atoms with van der Waals surface area (Å²) in [5.41, 5.74) is -0.527. The summed E-state index contributed by atoms with van der Waals surface area (Å²) >= 11 is 0. The third-order valence-electron chi connectivity index (χ3n) is 5.69. The topological polar surface area (TPSA) is 141 Å². The van der Waals surface area contributed by atoms with E-state index in [1.807, 2.05) is 4.90 Å². The Labute approximate surface area is 203 Å². The summed E-state index contributed by atoms with van der Waals surface area (Å²) in [5, 5.41) is 14.1. The molecule has 1 aliphatic rings. The summed E-state index contributed by atoms with van der Waals surface area (Å²) in [5.74, 6) is 0.322. The Balaban J connectivity index is 1.55. The lowest BCUT2D eigenvalue weighted by atomic mass is 10.1. The normalized spacial score (nSPS) is 14.8. The summed E-state index contributed by atoms with van der Waals surface area (Å²) in [4.78, 5) is 25.6. The smallest absolute Gasteiger partial charge is 0.286 e. The van der Waals surface area contributed by atoms with Gasteiger partial charge in [-0.05, 0) is 24.3 Å². The van der Waals surface area contributed by atoms with Gasteiger partial charge in [0.2, 0.25) is 10.0 Å². The molecule has 13 heteroatoms. The number of nitrogens with one attached hydrogen (secondary N) is 1. The molecule has 0 spiro atoms. The fourth-order valence-electron chi connectivity index (χ4n) is 3.71. The van der Waals surface area contributed by atoms with Crippen LogP contribution in [0.25, 0.3) is 0 Å². The Bertz CT molecular complexity index is 1160. The molecule has 0 saturated carbocycles.